The number of esters is 1. The Morgan fingerprint density at radius 2 is 1.93 bits per heavy atom. The van der Waals surface area contributed by atoms with Crippen molar-refractivity contribution in [2.75, 3.05) is 33.4 Å². The summed E-state index contributed by atoms with van der Waals surface area (Å²) in [4.78, 5) is 23.7. The summed E-state index contributed by atoms with van der Waals surface area (Å²) in [5.74, 6) is -1.12. The third kappa shape index (κ3) is 5.75. The topological polar surface area (TPSA) is 102 Å². The Morgan fingerprint density at radius 1 is 1.22 bits per heavy atom. The molecule has 1 aromatic rings. The standard InChI is InChI=1S/C18H26N2O6S/c1-14-5-3-4-11-20(14)27(23,24)16-8-6-15(7-9-16)18(22)26-13-17(21)19-10-12-25-2/h6-9,14H,3-5,10-13H2,1-2H3,(H,19,21)/t14-/m1/s1. The summed E-state index contributed by atoms with van der Waals surface area (Å²) in [6.45, 7) is 2.69. The number of methoxy groups -OCH3 is 1. The first kappa shape index (κ1) is 21.3. The highest BCUT2D eigenvalue weighted by atomic mass is 32.2. The van der Waals surface area contributed by atoms with Crippen LogP contribution in [0.5, 0.6) is 0 Å². The fourth-order valence-electron chi connectivity index (χ4n) is 2.89. The zero-order chi connectivity index (χ0) is 19.9. The maximum absolute atomic E-state index is 12.8. The Hall–Kier alpha value is -1.97. The van der Waals surface area contributed by atoms with E-state index in [2.05, 4.69) is 5.32 Å². The molecule has 1 N–H and O–H groups in total. The number of nitrogens with zero attached hydrogens (tertiary/aromatic N) is 1. The monoisotopic (exact) mass is 398 g/mol. The summed E-state index contributed by atoms with van der Waals surface area (Å²) >= 11 is 0. The Balaban J connectivity index is 1.95. The van der Waals surface area contributed by atoms with Crippen molar-refractivity contribution in [3.05, 3.63) is 29.8 Å². The summed E-state index contributed by atoms with van der Waals surface area (Å²) < 4.78 is 36.8. The van der Waals surface area contributed by atoms with E-state index in [1.54, 1.807) is 0 Å². The van der Waals surface area contributed by atoms with E-state index < -0.39 is 28.5 Å². The molecule has 1 heterocycles. The Labute approximate surface area is 159 Å². The predicted octanol–water partition coefficient (Wildman–Crippen LogP) is 1.17. The summed E-state index contributed by atoms with van der Waals surface area (Å²) in [5, 5.41) is 2.53. The van der Waals surface area contributed by atoms with Gasteiger partial charge in [-0.15, -0.1) is 0 Å². The number of benzene rings is 1. The van der Waals surface area contributed by atoms with Gasteiger partial charge in [0.1, 0.15) is 0 Å². The highest BCUT2D eigenvalue weighted by molar-refractivity contribution is 7.89. The predicted molar refractivity (Wildman–Crippen MR) is 98.8 cm³/mol. The Kier molecular flexibility index (Phi) is 7.76. The smallest absolute Gasteiger partial charge is 0.338 e. The molecule has 0 bridgehead atoms. The maximum Gasteiger partial charge on any atom is 0.338 e. The first-order valence-electron chi connectivity index (χ1n) is 8.91. The van der Waals surface area contributed by atoms with Gasteiger partial charge >= 0.3 is 5.97 Å². The SMILES string of the molecule is COCCNC(=O)COC(=O)c1ccc(S(=O)(=O)N2CCCC[C@H]2C)cc1. The summed E-state index contributed by atoms with van der Waals surface area (Å²) in [7, 11) is -2.07. The zero-order valence-electron chi connectivity index (χ0n) is 15.6. The largest absolute Gasteiger partial charge is 0.452 e. The first-order valence-corrected chi connectivity index (χ1v) is 10.3. The highest BCUT2D eigenvalue weighted by Gasteiger charge is 2.30. The van der Waals surface area contributed by atoms with Crippen molar-refractivity contribution in [1.29, 1.82) is 0 Å². The number of sulfonamides is 1. The molecule has 0 spiro atoms. The van der Waals surface area contributed by atoms with Crippen LogP contribution in [0.3, 0.4) is 0 Å². The Morgan fingerprint density at radius 3 is 2.56 bits per heavy atom. The van der Waals surface area contributed by atoms with Crippen molar-refractivity contribution in [3.63, 3.8) is 0 Å². The van der Waals surface area contributed by atoms with Crippen LogP contribution < -0.4 is 5.32 Å². The number of ether oxygens (including phenoxy) is 2. The number of amides is 1. The second-order valence-corrected chi connectivity index (χ2v) is 8.29. The van der Waals surface area contributed by atoms with Crippen LogP contribution in [0.15, 0.2) is 29.2 Å². The average molecular weight is 398 g/mol. The van der Waals surface area contributed by atoms with Crippen molar-refractivity contribution >= 4 is 21.9 Å². The molecule has 150 valence electrons. The maximum atomic E-state index is 12.8. The van der Waals surface area contributed by atoms with Gasteiger partial charge in [-0.2, -0.15) is 4.31 Å². The lowest BCUT2D eigenvalue weighted by Gasteiger charge is -2.32. The van der Waals surface area contributed by atoms with Gasteiger partial charge in [0.2, 0.25) is 10.0 Å². The van der Waals surface area contributed by atoms with Crippen LogP contribution in [0.25, 0.3) is 0 Å². The van der Waals surface area contributed by atoms with Crippen LogP contribution in [0.1, 0.15) is 36.5 Å². The van der Waals surface area contributed by atoms with Crippen LogP contribution in [0.2, 0.25) is 0 Å². The van der Waals surface area contributed by atoms with Crippen molar-refractivity contribution < 1.29 is 27.5 Å². The molecule has 1 atom stereocenters. The molecule has 0 aliphatic carbocycles. The van der Waals surface area contributed by atoms with Crippen molar-refractivity contribution in [2.45, 2.75) is 37.1 Å². The Bertz CT molecular complexity index is 748. The third-order valence-electron chi connectivity index (χ3n) is 4.40. The van der Waals surface area contributed by atoms with Crippen LogP contribution >= 0.6 is 0 Å². The molecule has 8 nitrogen and oxygen atoms in total. The molecule has 2 rings (SSSR count). The second-order valence-electron chi connectivity index (χ2n) is 6.40. The summed E-state index contributed by atoms with van der Waals surface area (Å²) in [6, 6.07) is 5.54. The van der Waals surface area contributed by atoms with Crippen LogP contribution in [0.4, 0.5) is 0 Å². The molecule has 0 saturated carbocycles. The van der Waals surface area contributed by atoms with E-state index in [9.17, 15) is 18.0 Å². The molecule has 1 amide bonds. The van der Waals surface area contributed by atoms with E-state index in [0.29, 0.717) is 19.7 Å². The average Bonchev–Trinajstić information content (AvgIpc) is 2.66. The van der Waals surface area contributed by atoms with Crippen molar-refractivity contribution in [1.82, 2.24) is 9.62 Å². The molecule has 0 aromatic heterocycles. The van der Waals surface area contributed by atoms with Gasteiger partial charge < -0.3 is 14.8 Å². The number of carbonyl (C=O) groups is 2. The molecule has 0 unspecified atom stereocenters. The fraction of sp³-hybridized carbons (Fsp3) is 0.556. The zero-order valence-corrected chi connectivity index (χ0v) is 16.5. The minimum atomic E-state index is -3.59. The number of nitrogens with one attached hydrogen (secondary N) is 1. The van der Waals surface area contributed by atoms with E-state index in [1.807, 2.05) is 6.92 Å². The number of piperidine rings is 1. The number of carbonyl (C=O) groups excluding carboxylic acids is 2. The van der Waals surface area contributed by atoms with Crippen molar-refractivity contribution in [3.8, 4) is 0 Å². The van der Waals surface area contributed by atoms with Crippen LogP contribution in [-0.4, -0.2) is 64.1 Å². The van der Waals surface area contributed by atoms with Crippen LogP contribution in [0, 0.1) is 0 Å². The van der Waals surface area contributed by atoms with E-state index in [0.717, 1.165) is 19.3 Å². The molecule has 1 aliphatic rings. The molecule has 27 heavy (non-hydrogen) atoms. The molecule has 1 fully saturated rings. The molecule has 1 aliphatic heterocycles. The van der Waals surface area contributed by atoms with Gasteiger partial charge in [0.15, 0.2) is 6.61 Å². The lowest BCUT2D eigenvalue weighted by Crippen LogP contribution is -2.41. The second kappa shape index (κ2) is 9.82. The molecule has 0 radical (unpaired) electrons. The normalized spacial score (nSPS) is 18.1. The quantitative estimate of drug-likeness (QED) is 0.521. The number of rotatable bonds is 8. The minimum absolute atomic E-state index is 0.0370. The summed E-state index contributed by atoms with van der Waals surface area (Å²) in [6.07, 6.45) is 2.72. The van der Waals surface area contributed by atoms with Crippen LogP contribution in [-0.2, 0) is 24.3 Å². The fourth-order valence-corrected chi connectivity index (χ4v) is 4.58. The van der Waals surface area contributed by atoms with E-state index in [1.165, 1.54) is 35.7 Å². The van der Waals surface area contributed by atoms with Gasteiger partial charge in [-0.1, -0.05) is 6.42 Å². The lowest BCUT2D eigenvalue weighted by atomic mass is 10.1. The van der Waals surface area contributed by atoms with Gasteiger partial charge in [-0.05, 0) is 44.0 Å². The number of hydrogen-bond donors (Lipinski definition) is 1. The van der Waals surface area contributed by atoms with Crippen molar-refractivity contribution in [2.24, 2.45) is 0 Å². The lowest BCUT2D eigenvalue weighted by molar-refractivity contribution is -0.124. The van der Waals surface area contributed by atoms with E-state index >= 15 is 0 Å². The van der Waals surface area contributed by atoms with Gasteiger partial charge in [0.25, 0.3) is 5.91 Å². The third-order valence-corrected chi connectivity index (χ3v) is 6.43. The van der Waals surface area contributed by atoms with E-state index in [-0.39, 0.29) is 16.5 Å². The molecule has 9 heteroatoms. The highest BCUT2D eigenvalue weighted by Crippen LogP contribution is 2.25. The van der Waals surface area contributed by atoms with Gasteiger partial charge in [0, 0.05) is 26.2 Å². The molecular formula is C18H26N2O6S. The van der Waals surface area contributed by atoms with E-state index in [4.69, 9.17) is 9.47 Å². The van der Waals surface area contributed by atoms with Gasteiger partial charge in [0.05, 0.1) is 17.1 Å². The molecule has 1 aromatic carbocycles. The first-order chi connectivity index (χ1) is 12.9. The molecular weight excluding hydrogens is 372 g/mol. The summed E-state index contributed by atoms with van der Waals surface area (Å²) in [5.41, 5.74) is 0.185. The minimum Gasteiger partial charge on any atom is -0.452 e. The molecule has 1 saturated heterocycles. The van der Waals surface area contributed by atoms with Gasteiger partial charge in [-0.25, -0.2) is 13.2 Å². The number of hydrogen-bond acceptors (Lipinski definition) is 6. The van der Waals surface area contributed by atoms with Gasteiger partial charge in [-0.3, -0.25) is 4.79 Å².